The molecular formula is C20H20F3N7O. The van der Waals surface area contributed by atoms with Crippen LogP contribution in [-0.2, 0) is 6.18 Å². The summed E-state index contributed by atoms with van der Waals surface area (Å²) in [6.07, 6.45) is -2.83. The fraction of sp³-hybridized carbons (Fsp3) is 0.300. The highest BCUT2D eigenvalue weighted by molar-refractivity contribution is 5.94. The molecular weight excluding hydrogens is 411 g/mol. The zero-order chi connectivity index (χ0) is 22.6. The van der Waals surface area contributed by atoms with Gasteiger partial charge in [0, 0.05) is 24.3 Å². The van der Waals surface area contributed by atoms with E-state index in [1.165, 1.54) is 18.3 Å². The molecule has 0 atom stereocenters. The second-order valence-corrected chi connectivity index (χ2v) is 6.84. The predicted molar refractivity (Wildman–Crippen MR) is 109 cm³/mol. The summed E-state index contributed by atoms with van der Waals surface area (Å²) in [5.41, 5.74) is -0.322. The summed E-state index contributed by atoms with van der Waals surface area (Å²) >= 11 is 0. The summed E-state index contributed by atoms with van der Waals surface area (Å²) in [7, 11) is 0. The van der Waals surface area contributed by atoms with Gasteiger partial charge >= 0.3 is 6.18 Å². The Morgan fingerprint density at radius 2 is 1.81 bits per heavy atom. The molecule has 3 rings (SSSR count). The first-order chi connectivity index (χ1) is 14.7. The summed E-state index contributed by atoms with van der Waals surface area (Å²) in [6.45, 7) is 5.46. The van der Waals surface area contributed by atoms with Crippen molar-refractivity contribution in [2.24, 2.45) is 0 Å². The normalized spacial score (nSPS) is 11.5. The van der Waals surface area contributed by atoms with Gasteiger partial charge in [-0.15, -0.1) is 0 Å². The fourth-order valence-electron chi connectivity index (χ4n) is 2.56. The maximum Gasteiger partial charge on any atom is 0.433 e. The summed E-state index contributed by atoms with van der Waals surface area (Å²) in [6, 6.07) is 6.63. The number of halogens is 3. The maximum absolute atomic E-state index is 13.1. The molecule has 11 heteroatoms. The number of Topliss-reactive ketones (excluding diaryl/α,β-unsaturated/α-hetero) is 1. The Kier molecular flexibility index (Phi) is 6.42. The number of aromatic nitrogens is 5. The van der Waals surface area contributed by atoms with E-state index >= 15 is 0 Å². The second kappa shape index (κ2) is 9.02. The molecule has 8 nitrogen and oxygen atoms in total. The van der Waals surface area contributed by atoms with Gasteiger partial charge in [-0.25, -0.2) is 4.98 Å². The molecule has 0 saturated heterocycles. The Labute approximate surface area is 176 Å². The van der Waals surface area contributed by atoms with Gasteiger partial charge in [-0.1, -0.05) is 13.0 Å². The van der Waals surface area contributed by atoms with Crippen LogP contribution < -0.4 is 10.6 Å². The van der Waals surface area contributed by atoms with Crippen LogP contribution in [-0.4, -0.2) is 36.7 Å². The minimum atomic E-state index is -4.59. The number of hydrogen-bond acceptors (Lipinski definition) is 8. The van der Waals surface area contributed by atoms with Crippen molar-refractivity contribution < 1.29 is 18.0 Å². The third-order valence-electron chi connectivity index (χ3n) is 3.94. The molecule has 0 amide bonds. The van der Waals surface area contributed by atoms with Gasteiger partial charge in [-0.3, -0.25) is 9.78 Å². The van der Waals surface area contributed by atoms with E-state index in [2.05, 4.69) is 35.6 Å². The van der Waals surface area contributed by atoms with Crippen LogP contribution >= 0.6 is 0 Å². The summed E-state index contributed by atoms with van der Waals surface area (Å²) < 4.78 is 39.2. The number of ketones is 1. The second-order valence-electron chi connectivity index (χ2n) is 6.84. The molecule has 162 valence electrons. The molecule has 0 aliphatic rings. The van der Waals surface area contributed by atoms with Crippen molar-refractivity contribution >= 4 is 23.4 Å². The monoisotopic (exact) mass is 431 g/mol. The molecule has 0 aromatic carbocycles. The number of nitrogens with zero attached hydrogens (tertiary/aromatic N) is 5. The topological polar surface area (TPSA) is 106 Å². The molecule has 2 N–H and O–H groups in total. The largest absolute Gasteiger partial charge is 0.433 e. The minimum absolute atomic E-state index is 0.0349. The average Bonchev–Trinajstić information content (AvgIpc) is 2.72. The van der Waals surface area contributed by atoms with Crippen molar-refractivity contribution in [1.29, 1.82) is 0 Å². The van der Waals surface area contributed by atoms with Gasteiger partial charge in [-0.05, 0) is 38.1 Å². The average molecular weight is 431 g/mol. The van der Waals surface area contributed by atoms with E-state index < -0.39 is 11.9 Å². The molecule has 0 spiro atoms. The van der Waals surface area contributed by atoms with Crippen molar-refractivity contribution in [3.8, 4) is 11.5 Å². The van der Waals surface area contributed by atoms with Crippen molar-refractivity contribution in [3.63, 3.8) is 0 Å². The molecule has 3 aromatic heterocycles. The van der Waals surface area contributed by atoms with Crippen molar-refractivity contribution in [1.82, 2.24) is 24.9 Å². The van der Waals surface area contributed by atoms with Crippen LogP contribution in [0.5, 0.6) is 0 Å². The smallest absolute Gasteiger partial charge is 0.352 e. The first-order valence-corrected chi connectivity index (χ1v) is 9.49. The number of nitrogens with one attached hydrogen (secondary N) is 2. The standard InChI is InChI=1S/C20H20F3N7O/c1-4-15(31)14-10-12(8-9-24-14)26-19-29-17(28-18(30-19)25-11(2)3)13-6-5-7-16(27-13)20(21,22)23/h5-11H,4H2,1-3H3,(H2,24,25,26,28,29,30). The Morgan fingerprint density at radius 1 is 1.06 bits per heavy atom. The molecule has 0 aliphatic heterocycles. The number of anilines is 3. The van der Waals surface area contributed by atoms with Gasteiger partial charge in [0.1, 0.15) is 17.1 Å². The van der Waals surface area contributed by atoms with Crippen LogP contribution in [0, 0.1) is 0 Å². The number of alkyl halides is 3. The zero-order valence-electron chi connectivity index (χ0n) is 17.0. The maximum atomic E-state index is 13.1. The molecule has 0 radical (unpaired) electrons. The zero-order valence-corrected chi connectivity index (χ0v) is 17.0. The first-order valence-electron chi connectivity index (χ1n) is 9.49. The molecule has 31 heavy (non-hydrogen) atoms. The quantitative estimate of drug-likeness (QED) is 0.527. The van der Waals surface area contributed by atoms with Crippen molar-refractivity contribution in [2.45, 2.75) is 39.4 Å². The number of pyridine rings is 2. The number of rotatable bonds is 7. The molecule has 3 heterocycles. The van der Waals surface area contributed by atoms with E-state index in [0.717, 1.165) is 6.07 Å². The van der Waals surface area contributed by atoms with Crippen molar-refractivity contribution in [2.75, 3.05) is 10.6 Å². The van der Waals surface area contributed by atoms with Gasteiger partial charge < -0.3 is 10.6 Å². The van der Waals surface area contributed by atoms with Gasteiger partial charge in [0.2, 0.25) is 11.9 Å². The molecule has 3 aromatic rings. The lowest BCUT2D eigenvalue weighted by Gasteiger charge is -2.13. The molecule has 0 saturated carbocycles. The Balaban J connectivity index is 2.01. The van der Waals surface area contributed by atoms with Gasteiger partial charge in [0.05, 0.1) is 0 Å². The van der Waals surface area contributed by atoms with Gasteiger partial charge in [0.25, 0.3) is 0 Å². The SMILES string of the molecule is CCC(=O)c1cc(Nc2nc(NC(C)C)nc(-c3cccc(C(F)(F)F)n3)n2)ccn1. The summed E-state index contributed by atoms with van der Waals surface area (Å²) in [5.74, 6) is 0.0788. The Hall–Kier alpha value is -3.63. The Morgan fingerprint density at radius 3 is 2.48 bits per heavy atom. The summed E-state index contributed by atoms with van der Waals surface area (Å²) in [4.78, 5) is 32.3. The number of hydrogen-bond donors (Lipinski definition) is 2. The third kappa shape index (κ3) is 5.71. The predicted octanol–water partition coefficient (Wildman–Crippen LogP) is 4.50. The highest BCUT2D eigenvalue weighted by Gasteiger charge is 2.32. The first kappa shape index (κ1) is 22.1. The number of carbonyl (C=O) groups is 1. The van der Waals surface area contributed by atoms with Crippen LogP contribution in [0.4, 0.5) is 30.8 Å². The van der Waals surface area contributed by atoms with Crippen LogP contribution in [0.2, 0.25) is 0 Å². The summed E-state index contributed by atoms with van der Waals surface area (Å²) in [5, 5.41) is 5.95. The lowest BCUT2D eigenvalue weighted by molar-refractivity contribution is -0.141. The van der Waals surface area contributed by atoms with E-state index in [1.807, 2.05) is 13.8 Å². The van der Waals surface area contributed by atoms with Gasteiger partial charge in [0.15, 0.2) is 11.6 Å². The van der Waals surface area contributed by atoms with Crippen LogP contribution in [0.25, 0.3) is 11.5 Å². The third-order valence-corrected chi connectivity index (χ3v) is 3.94. The fourth-order valence-corrected chi connectivity index (χ4v) is 2.56. The number of carbonyl (C=O) groups excluding carboxylic acids is 1. The van der Waals surface area contributed by atoms with Crippen LogP contribution in [0.1, 0.15) is 43.4 Å². The molecule has 0 bridgehead atoms. The van der Waals surface area contributed by atoms with Crippen LogP contribution in [0.3, 0.4) is 0 Å². The molecule has 0 aliphatic carbocycles. The van der Waals surface area contributed by atoms with Crippen LogP contribution in [0.15, 0.2) is 36.5 Å². The van der Waals surface area contributed by atoms with E-state index in [0.29, 0.717) is 12.1 Å². The van der Waals surface area contributed by atoms with E-state index in [-0.39, 0.29) is 40.9 Å². The lowest BCUT2D eigenvalue weighted by atomic mass is 10.2. The Bertz CT molecular complexity index is 1090. The highest BCUT2D eigenvalue weighted by atomic mass is 19.4. The highest BCUT2D eigenvalue weighted by Crippen LogP contribution is 2.29. The van der Waals surface area contributed by atoms with E-state index in [9.17, 15) is 18.0 Å². The van der Waals surface area contributed by atoms with E-state index in [1.54, 1.807) is 19.1 Å². The van der Waals surface area contributed by atoms with Crippen molar-refractivity contribution in [3.05, 3.63) is 47.9 Å². The lowest BCUT2D eigenvalue weighted by Crippen LogP contribution is -2.15. The molecule has 0 fully saturated rings. The van der Waals surface area contributed by atoms with E-state index in [4.69, 9.17) is 0 Å². The van der Waals surface area contributed by atoms with Gasteiger partial charge in [-0.2, -0.15) is 28.1 Å². The minimum Gasteiger partial charge on any atom is -0.352 e. The molecule has 0 unspecified atom stereocenters.